The standard InChI is InChI=1S/C7H8F3N3O/c8-7(9,10)6-1-4(5(14)2-11)12-3-13-6/h1,3,5,14H,2,11H2. The molecule has 4 nitrogen and oxygen atoms in total. The molecule has 7 heteroatoms. The second-order valence-corrected chi connectivity index (χ2v) is 2.58. The molecule has 0 saturated heterocycles. The summed E-state index contributed by atoms with van der Waals surface area (Å²) < 4.78 is 36.4. The van der Waals surface area contributed by atoms with Crippen molar-refractivity contribution in [3.05, 3.63) is 23.8 Å². The summed E-state index contributed by atoms with van der Waals surface area (Å²) in [5.41, 5.74) is 3.85. The summed E-state index contributed by atoms with van der Waals surface area (Å²) in [5, 5.41) is 9.14. The Hall–Kier alpha value is -1.21. The highest BCUT2D eigenvalue weighted by Crippen LogP contribution is 2.27. The number of rotatable bonds is 2. The predicted molar refractivity (Wildman–Crippen MR) is 41.0 cm³/mol. The maximum Gasteiger partial charge on any atom is 0.433 e. The molecule has 78 valence electrons. The van der Waals surface area contributed by atoms with E-state index in [4.69, 9.17) is 10.8 Å². The van der Waals surface area contributed by atoms with Crippen LogP contribution in [0.15, 0.2) is 12.4 Å². The van der Waals surface area contributed by atoms with Crippen LogP contribution in [-0.4, -0.2) is 21.6 Å². The van der Waals surface area contributed by atoms with Gasteiger partial charge in [-0.15, -0.1) is 0 Å². The third kappa shape index (κ3) is 2.39. The summed E-state index contributed by atoms with van der Waals surface area (Å²) in [4.78, 5) is 6.52. The van der Waals surface area contributed by atoms with E-state index >= 15 is 0 Å². The molecule has 1 heterocycles. The maximum atomic E-state index is 12.1. The zero-order valence-corrected chi connectivity index (χ0v) is 6.99. The molecule has 1 atom stereocenters. The minimum Gasteiger partial charge on any atom is -0.385 e. The van der Waals surface area contributed by atoms with Crippen molar-refractivity contribution < 1.29 is 18.3 Å². The van der Waals surface area contributed by atoms with E-state index in [1.54, 1.807) is 0 Å². The fraction of sp³-hybridized carbons (Fsp3) is 0.429. The van der Waals surface area contributed by atoms with Gasteiger partial charge in [-0.2, -0.15) is 13.2 Å². The minimum absolute atomic E-state index is 0.130. The number of nitrogens with zero attached hydrogens (tertiary/aromatic N) is 2. The monoisotopic (exact) mass is 207 g/mol. The van der Waals surface area contributed by atoms with Crippen molar-refractivity contribution in [2.75, 3.05) is 6.54 Å². The van der Waals surface area contributed by atoms with Gasteiger partial charge in [-0.05, 0) is 6.07 Å². The third-order valence-electron chi connectivity index (χ3n) is 1.54. The molecule has 0 amide bonds. The van der Waals surface area contributed by atoms with Crippen LogP contribution in [0.2, 0.25) is 0 Å². The van der Waals surface area contributed by atoms with Crippen molar-refractivity contribution in [2.24, 2.45) is 5.73 Å². The predicted octanol–water partition coefficient (Wildman–Crippen LogP) is 0.488. The Bertz CT molecular complexity index is 315. The summed E-state index contributed by atoms with van der Waals surface area (Å²) in [6.07, 6.45) is -4.98. The Morgan fingerprint density at radius 2 is 2.07 bits per heavy atom. The first-order chi connectivity index (χ1) is 6.45. The van der Waals surface area contributed by atoms with Crippen LogP contribution in [-0.2, 0) is 6.18 Å². The van der Waals surface area contributed by atoms with Crippen LogP contribution in [0.5, 0.6) is 0 Å². The van der Waals surface area contributed by atoms with Crippen LogP contribution >= 0.6 is 0 Å². The molecule has 1 unspecified atom stereocenters. The van der Waals surface area contributed by atoms with Gasteiger partial charge in [0.05, 0.1) is 5.69 Å². The number of aliphatic hydroxyl groups is 1. The first-order valence-corrected chi connectivity index (χ1v) is 3.72. The average molecular weight is 207 g/mol. The van der Waals surface area contributed by atoms with E-state index in [1.807, 2.05) is 0 Å². The molecule has 1 aromatic rings. The van der Waals surface area contributed by atoms with Crippen molar-refractivity contribution >= 4 is 0 Å². The van der Waals surface area contributed by atoms with Gasteiger partial charge in [-0.3, -0.25) is 0 Å². The molecule has 0 spiro atoms. The fourth-order valence-corrected chi connectivity index (χ4v) is 0.830. The summed E-state index contributed by atoms with van der Waals surface area (Å²) in [6.45, 7) is -0.186. The number of alkyl halides is 3. The Balaban J connectivity index is 3.01. The first kappa shape index (κ1) is 10.9. The molecule has 1 aromatic heterocycles. The summed E-state index contributed by atoms with van der Waals surface area (Å²) in [5.74, 6) is 0. The molecule has 3 N–H and O–H groups in total. The van der Waals surface area contributed by atoms with Crippen LogP contribution < -0.4 is 5.73 Å². The van der Waals surface area contributed by atoms with Crippen molar-refractivity contribution in [1.82, 2.24) is 9.97 Å². The van der Waals surface area contributed by atoms with Gasteiger partial charge in [0.15, 0.2) is 0 Å². The lowest BCUT2D eigenvalue weighted by molar-refractivity contribution is -0.141. The van der Waals surface area contributed by atoms with Crippen LogP contribution in [0.3, 0.4) is 0 Å². The van der Waals surface area contributed by atoms with E-state index < -0.39 is 18.0 Å². The summed E-state index contributed by atoms with van der Waals surface area (Å²) in [7, 11) is 0. The van der Waals surface area contributed by atoms with Gasteiger partial charge in [0.25, 0.3) is 0 Å². The highest BCUT2D eigenvalue weighted by Gasteiger charge is 2.33. The van der Waals surface area contributed by atoms with Gasteiger partial charge in [0, 0.05) is 6.54 Å². The van der Waals surface area contributed by atoms with Crippen molar-refractivity contribution in [2.45, 2.75) is 12.3 Å². The molecule has 0 aliphatic rings. The number of halogens is 3. The largest absolute Gasteiger partial charge is 0.433 e. The summed E-state index contributed by atoms with van der Waals surface area (Å²) >= 11 is 0. The number of aliphatic hydroxyl groups excluding tert-OH is 1. The topological polar surface area (TPSA) is 72.0 Å². The van der Waals surface area contributed by atoms with Crippen molar-refractivity contribution in [3.8, 4) is 0 Å². The second-order valence-electron chi connectivity index (χ2n) is 2.58. The van der Waals surface area contributed by atoms with E-state index in [9.17, 15) is 13.2 Å². The lowest BCUT2D eigenvalue weighted by Gasteiger charge is -2.09. The van der Waals surface area contributed by atoms with E-state index in [0.29, 0.717) is 6.07 Å². The highest BCUT2D eigenvalue weighted by molar-refractivity contribution is 5.13. The number of hydrogen-bond donors (Lipinski definition) is 2. The molecular formula is C7H8F3N3O. The Kier molecular flexibility index (Phi) is 3.02. The van der Waals surface area contributed by atoms with Crippen molar-refractivity contribution in [3.63, 3.8) is 0 Å². The van der Waals surface area contributed by atoms with E-state index in [-0.39, 0.29) is 12.2 Å². The van der Waals surface area contributed by atoms with Gasteiger partial charge < -0.3 is 10.8 Å². The molecule has 0 aromatic carbocycles. The van der Waals surface area contributed by atoms with Gasteiger partial charge in [0.1, 0.15) is 18.1 Å². The third-order valence-corrected chi connectivity index (χ3v) is 1.54. The van der Waals surface area contributed by atoms with Gasteiger partial charge in [-0.1, -0.05) is 0 Å². The van der Waals surface area contributed by atoms with E-state index in [1.165, 1.54) is 0 Å². The highest BCUT2D eigenvalue weighted by atomic mass is 19.4. The fourth-order valence-electron chi connectivity index (χ4n) is 0.830. The van der Waals surface area contributed by atoms with Gasteiger partial charge in [0.2, 0.25) is 0 Å². The first-order valence-electron chi connectivity index (χ1n) is 3.72. The van der Waals surface area contributed by atoms with E-state index in [0.717, 1.165) is 6.33 Å². The smallest absolute Gasteiger partial charge is 0.385 e. The maximum absolute atomic E-state index is 12.1. The van der Waals surface area contributed by atoms with Gasteiger partial charge >= 0.3 is 6.18 Å². The van der Waals surface area contributed by atoms with Crippen LogP contribution in [0.4, 0.5) is 13.2 Å². The molecular weight excluding hydrogens is 199 g/mol. The molecule has 0 saturated carbocycles. The van der Waals surface area contributed by atoms with Crippen molar-refractivity contribution in [1.29, 1.82) is 0 Å². The zero-order valence-electron chi connectivity index (χ0n) is 6.99. The molecule has 0 aliphatic heterocycles. The lowest BCUT2D eigenvalue weighted by atomic mass is 10.2. The average Bonchev–Trinajstić information content (AvgIpc) is 2.15. The molecule has 0 fully saturated rings. The minimum atomic E-state index is -4.54. The molecule has 1 rings (SSSR count). The molecule has 0 aliphatic carbocycles. The van der Waals surface area contributed by atoms with Gasteiger partial charge in [-0.25, -0.2) is 9.97 Å². The zero-order chi connectivity index (χ0) is 10.8. The molecule has 0 bridgehead atoms. The molecule has 0 radical (unpaired) electrons. The quantitative estimate of drug-likeness (QED) is 0.740. The lowest BCUT2D eigenvalue weighted by Crippen LogP contribution is -2.15. The normalized spacial score (nSPS) is 14.1. The Morgan fingerprint density at radius 3 is 2.57 bits per heavy atom. The Morgan fingerprint density at radius 1 is 1.43 bits per heavy atom. The van der Waals surface area contributed by atoms with Crippen LogP contribution in [0, 0.1) is 0 Å². The number of aromatic nitrogens is 2. The Labute approximate surface area is 77.6 Å². The van der Waals surface area contributed by atoms with E-state index in [2.05, 4.69) is 9.97 Å². The summed E-state index contributed by atoms with van der Waals surface area (Å²) in [6, 6.07) is 0.678. The van der Waals surface area contributed by atoms with Crippen LogP contribution in [0.1, 0.15) is 17.5 Å². The SMILES string of the molecule is NCC(O)c1cc(C(F)(F)F)ncn1. The van der Waals surface area contributed by atoms with Crippen LogP contribution in [0.25, 0.3) is 0 Å². The second kappa shape index (κ2) is 3.89. The molecule has 14 heavy (non-hydrogen) atoms. The number of nitrogens with two attached hydrogens (primary N) is 1. The number of hydrogen-bond acceptors (Lipinski definition) is 4.